The molecule has 0 saturated heterocycles. The van der Waals surface area contributed by atoms with Crippen molar-refractivity contribution in [3.05, 3.63) is 65.0 Å². The molecule has 148 valence electrons. The average molecular weight is 389 g/mol. The van der Waals surface area contributed by atoms with Gasteiger partial charge in [0.2, 0.25) is 5.91 Å². The molecule has 0 radical (unpaired) electrons. The van der Waals surface area contributed by atoms with Gasteiger partial charge in [0.25, 0.3) is 0 Å². The molecule has 4 nitrogen and oxygen atoms in total. The number of pyridine rings is 1. The Bertz CT molecular complexity index is 884. The zero-order chi connectivity index (χ0) is 19.9. The van der Waals surface area contributed by atoms with Crippen LogP contribution in [-0.2, 0) is 29.4 Å². The minimum Gasteiger partial charge on any atom is -0.337 e. The number of nitrogens with two attached hydrogens (primary N) is 1. The van der Waals surface area contributed by atoms with Gasteiger partial charge < -0.3 is 10.6 Å². The van der Waals surface area contributed by atoms with Crippen LogP contribution in [0.25, 0.3) is 0 Å². The number of carbonyl (C=O) groups is 1. The summed E-state index contributed by atoms with van der Waals surface area (Å²) in [5.41, 5.74) is 6.79. The molecule has 1 aliphatic heterocycles. The largest absolute Gasteiger partial charge is 0.416 e. The SMILES string of the molecule is NC1CCC(C(=O)N2CCc3ccc(C(F)(F)F)cc3C2)(c2ccccn2)C1. The van der Waals surface area contributed by atoms with Crippen molar-refractivity contribution in [2.75, 3.05) is 6.54 Å². The van der Waals surface area contributed by atoms with E-state index >= 15 is 0 Å². The highest BCUT2D eigenvalue weighted by Gasteiger charge is 2.49. The van der Waals surface area contributed by atoms with Crippen LogP contribution in [0.1, 0.15) is 41.6 Å². The van der Waals surface area contributed by atoms with Gasteiger partial charge in [-0.2, -0.15) is 13.2 Å². The highest BCUT2D eigenvalue weighted by Crippen LogP contribution is 2.42. The van der Waals surface area contributed by atoms with Gasteiger partial charge in [0, 0.05) is 25.3 Å². The molecule has 2 N–H and O–H groups in total. The fourth-order valence-electron chi connectivity index (χ4n) is 4.48. The number of nitrogens with zero attached hydrogens (tertiary/aromatic N) is 2. The van der Waals surface area contributed by atoms with E-state index in [-0.39, 0.29) is 18.5 Å². The number of rotatable bonds is 2. The highest BCUT2D eigenvalue weighted by molar-refractivity contribution is 5.88. The zero-order valence-electron chi connectivity index (χ0n) is 15.4. The average Bonchev–Trinajstić information content (AvgIpc) is 3.09. The fraction of sp³-hybridized carbons (Fsp3) is 0.429. The number of alkyl halides is 3. The third-order valence-electron chi connectivity index (χ3n) is 5.95. The van der Waals surface area contributed by atoms with Crippen LogP contribution in [0, 0.1) is 0 Å². The predicted octanol–water partition coefficient (Wildman–Crippen LogP) is 3.43. The monoisotopic (exact) mass is 389 g/mol. The fourth-order valence-corrected chi connectivity index (χ4v) is 4.48. The summed E-state index contributed by atoms with van der Waals surface area (Å²) in [7, 11) is 0. The number of hydrogen-bond donors (Lipinski definition) is 1. The molecule has 1 amide bonds. The van der Waals surface area contributed by atoms with Crippen molar-refractivity contribution in [3.8, 4) is 0 Å². The minimum absolute atomic E-state index is 0.0813. The second-order valence-electron chi connectivity index (χ2n) is 7.76. The molecule has 2 heterocycles. The third-order valence-corrected chi connectivity index (χ3v) is 5.95. The molecule has 1 fully saturated rings. The lowest BCUT2D eigenvalue weighted by molar-refractivity contribution is -0.138. The van der Waals surface area contributed by atoms with E-state index in [1.807, 2.05) is 12.1 Å². The third kappa shape index (κ3) is 3.28. The summed E-state index contributed by atoms with van der Waals surface area (Å²) < 4.78 is 39.2. The number of aromatic nitrogens is 1. The van der Waals surface area contributed by atoms with Crippen molar-refractivity contribution in [1.29, 1.82) is 0 Å². The molecule has 2 unspecified atom stereocenters. The smallest absolute Gasteiger partial charge is 0.337 e. The topological polar surface area (TPSA) is 59.2 Å². The van der Waals surface area contributed by atoms with Crippen LogP contribution in [0.2, 0.25) is 0 Å². The summed E-state index contributed by atoms with van der Waals surface area (Å²) in [4.78, 5) is 19.7. The van der Waals surface area contributed by atoms with E-state index in [2.05, 4.69) is 4.98 Å². The normalized spacial score (nSPS) is 24.9. The van der Waals surface area contributed by atoms with Crippen molar-refractivity contribution in [2.45, 2.75) is 49.9 Å². The molecule has 2 aliphatic rings. The number of carbonyl (C=O) groups excluding carboxylic acids is 1. The lowest BCUT2D eigenvalue weighted by Crippen LogP contribution is -2.48. The van der Waals surface area contributed by atoms with Crippen LogP contribution in [0.15, 0.2) is 42.6 Å². The lowest BCUT2D eigenvalue weighted by atomic mass is 9.79. The first-order valence-electron chi connectivity index (χ1n) is 9.45. The standard InChI is InChI=1S/C21H22F3N3O/c22-21(23,24)16-5-4-14-7-10-27(13-15(14)11-16)19(28)20(8-6-17(25)12-20)18-3-1-2-9-26-18/h1-5,9,11,17H,6-8,10,12-13,25H2. The second-order valence-corrected chi connectivity index (χ2v) is 7.76. The van der Waals surface area contributed by atoms with E-state index in [0.717, 1.165) is 18.1 Å². The van der Waals surface area contributed by atoms with Crippen LogP contribution in [0.4, 0.5) is 13.2 Å². The number of benzene rings is 1. The van der Waals surface area contributed by atoms with Gasteiger partial charge in [0.15, 0.2) is 0 Å². The number of amides is 1. The van der Waals surface area contributed by atoms with Crippen molar-refractivity contribution in [2.24, 2.45) is 5.73 Å². The van der Waals surface area contributed by atoms with Crippen LogP contribution in [0.5, 0.6) is 0 Å². The van der Waals surface area contributed by atoms with Crippen molar-refractivity contribution in [3.63, 3.8) is 0 Å². The van der Waals surface area contributed by atoms with Crippen LogP contribution >= 0.6 is 0 Å². The molecule has 0 spiro atoms. The Morgan fingerprint density at radius 1 is 1.21 bits per heavy atom. The van der Waals surface area contributed by atoms with E-state index < -0.39 is 17.2 Å². The number of fused-ring (bicyclic) bond motifs is 1. The van der Waals surface area contributed by atoms with E-state index in [9.17, 15) is 18.0 Å². The summed E-state index contributed by atoms with van der Waals surface area (Å²) in [6.07, 6.45) is -0.344. The molecule has 2 aromatic rings. The first-order valence-corrected chi connectivity index (χ1v) is 9.45. The van der Waals surface area contributed by atoms with Crippen LogP contribution in [0.3, 0.4) is 0 Å². The zero-order valence-corrected chi connectivity index (χ0v) is 15.4. The molecule has 7 heteroatoms. The first kappa shape index (κ1) is 18.9. The maximum atomic E-state index is 13.6. The molecule has 0 bridgehead atoms. The molecule has 2 atom stereocenters. The maximum Gasteiger partial charge on any atom is 0.416 e. The second kappa shape index (κ2) is 6.88. The quantitative estimate of drug-likeness (QED) is 0.856. The molecule has 1 aromatic carbocycles. The Balaban J connectivity index is 1.65. The van der Waals surface area contributed by atoms with Gasteiger partial charge in [0.1, 0.15) is 0 Å². The van der Waals surface area contributed by atoms with Gasteiger partial charge in [-0.05, 0) is 61.1 Å². The molecular formula is C21H22F3N3O. The summed E-state index contributed by atoms with van der Waals surface area (Å²) in [5.74, 6) is -0.0813. The molecule has 1 saturated carbocycles. The Kier molecular flexibility index (Phi) is 4.65. The summed E-state index contributed by atoms with van der Waals surface area (Å²) in [5, 5.41) is 0. The first-order chi connectivity index (χ1) is 13.3. The van der Waals surface area contributed by atoms with Gasteiger partial charge in [-0.3, -0.25) is 9.78 Å². The predicted molar refractivity (Wildman–Crippen MR) is 98.3 cm³/mol. The van der Waals surface area contributed by atoms with E-state index in [1.54, 1.807) is 17.2 Å². The maximum absolute atomic E-state index is 13.6. The number of halogens is 3. The van der Waals surface area contributed by atoms with Gasteiger partial charge in [0.05, 0.1) is 16.7 Å². The number of hydrogen-bond acceptors (Lipinski definition) is 3. The lowest BCUT2D eigenvalue weighted by Gasteiger charge is -2.37. The molecular weight excluding hydrogens is 367 g/mol. The molecule has 1 aromatic heterocycles. The van der Waals surface area contributed by atoms with Gasteiger partial charge in [-0.25, -0.2) is 0 Å². The molecule has 1 aliphatic carbocycles. The van der Waals surface area contributed by atoms with Gasteiger partial charge in [-0.15, -0.1) is 0 Å². The van der Waals surface area contributed by atoms with E-state index in [4.69, 9.17) is 5.73 Å². The highest BCUT2D eigenvalue weighted by atomic mass is 19.4. The molecule has 28 heavy (non-hydrogen) atoms. The summed E-state index contributed by atoms with van der Waals surface area (Å²) in [6.45, 7) is 0.670. The summed E-state index contributed by atoms with van der Waals surface area (Å²) >= 11 is 0. The Hall–Kier alpha value is -2.41. The Morgan fingerprint density at radius 3 is 2.68 bits per heavy atom. The molecule has 4 rings (SSSR count). The van der Waals surface area contributed by atoms with Crippen LogP contribution < -0.4 is 5.73 Å². The summed E-state index contributed by atoms with van der Waals surface area (Å²) in [6, 6.07) is 9.22. The van der Waals surface area contributed by atoms with E-state index in [0.29, 0.717) is 37.1 Å². The van der Waals surface area contributed by atoms with Crippen molar-refractivity contribution >= 4 is 5.91 Å². The Labute approximate surface area is 161 Å². The van der Waals surface area contributed by atoms with Gasteiger partial charge in [-0.1, -0.05) is 12.1 Å². The van der Waals surface area contributed by atoms with Crippen LogP contribution in [-0.4, -0.2) is 28.4 Å². The van der Waals surface area contributed by atoms with Crippen molar-refractivity contribution < 1.29 is 18.0 Å². The van der Waals surface area contributed by atoms with E-state index in [1.165, 1.54) is 12.1 Å². The van der Waals surface area contributed by atoms with Crippen molar-refractivity contribution in [1.82, 2.24) is 9.88 Å². The Morgan fingerprint density at radius 2 is 2.04 bits per heavy atom. The minimum atomic E-state index is -4.39. The van der Waals surface area contributed by atoms with Gasteiger partial charge >= 0.3 is 6.18 Å².